The minimum atomic E-state index is -4.38. The maximum atomic E-state index is 13.5. The molecule has 14 heteroatoms. The monoisotopic (exact) mass is 604 g/mol. The first-order valence-corrected chi connectivity index (χ1v) is 15.6. The Morgan fingerprint density at radius 2 is 1.54 bits per heavy atom. The highest BCUT2D eigenvalue weighted by molar-refractivity contribution is 7.89. The molecule has 0 atom stereocenters. The summed E-state index contributed by atoms with van der Waals surface area (Å²) in [5.74, 6) is 0.612. The van der Waals surface area contributed by atoms with E-state index in [0.717, 1.165) is 31.4 Å². The Balaban J connectivity index is 1.31. The van der Waals surface area contributed by atoms with Crippen molar-refractivity contribution in [3.63, 3.8) is 0 Å². The van der Waals surface area contributed by atoms with Crippen molar-refractivity contribution >= 4 is 43.9 Å². The van der Waals surface area contributed by atoms with Crippen LogP contribution in [0, 0.1) is 0 Å². The summed E-state index contributed by atoms with van der Waals surface area (Å²) in [7, 11) is -4.00. The Bertz CT molecular complexity index is 1710. The predicted molar refractivity (Wildman–Crippen MR) is 151 cm³/mol. The van der Waals surface area contributed by atoms with Crippen LogP contribution in [-0.4, -0.2) is 66.5 Å². The molecule has 0 unspecified atom stereocenters. The van der Waals surface area contributed by atoms with Crippen LogP contribution < -0.4 is 15.2 Å². The Kier molecular flexibility index (Phi) is 7.24. The summed E-state index contributed by atoms with van der Waals surface area (Å²) in [5, 5.41) is 2.44. The summed E-state index contributed by atoms with van der Waals surface area (Å²) >= 11 is 1.30. The van der Waals surface area contributed by atoms with Gasteiger partial charge in [-0.1, -0.05) is 6.42 Å². The van der Waals surface area contributed by atoms with E-state index in [0.29, 0.717) is 61.6 Å². The summed E-state index contributed by atoms with van der Waals surface area (Å²) in [6.07, 6.45) is 1.03. The maximum absolute atomic E-state index is 13.5. The van der Waals surface area contributed by atoms with E-state index in [-0.39, 0.29) is 10.3 Å². The molecule has 0 saturated carbocycles. The number of aromatic nitrogens is 3. The molecule has 2 aliphatic heterocycles. The van der Waals surface area contributed by atoms with Gasteiger partial charge in [0.15, 0.2) is 10.8 Å². The van der Waals surface area contributed by atoms with Gasteiger partial charge in [0.25, 0.3) is 0 Å². The zero-order valence-corrected chi connectivity index (χ0v) is 23.6. The summed E-state index contributed by atoms with van der Waals surface area (Å²) < 4.78 is 68.8. The molecule has 2 saturated heterocycles. The van der Waals surface area contributed by atoms with E-state index in [4.69, 9.17) is 4.98 Å². The second-order valence-corrected chi connectivity index (χ2v) is 12.8. The van der Waals surface area contributed by atoms with Gasteiger partial charge in [-0.3, -0.25) is 9.36 Å². The third-order valence-electron chi connectivity index (χ3n) is 7.53. The molecular weight excluding hydrogens is 577 g/mol. The van der Waals surface area contributed by atoms with Crippen molar-refractivity contribution in [3.05, 3.63) is 70.0 Å². The number of piperidine rings is 1. The number of sulfonamides is 1. The number of piperazine rings is 1. The number of hydrogen-bond donors (Lipinski definition) is 0. The fourth-order valence-corrected chi connectivity index (χ4v) is 7.53. The van der Waals surface area contributed by atoms with Gasteiger partial charge in [-0.05, 0) is 49.2 Å². The SMILES string of the molecule is O=c1c(S(=O)(=O)N2CCCCC2)cn(-c2nccs2)c2nc(N3CCN(c4ccc(C(F)(F)F)cc4)CC3)ccc12. The van der Waals surface area contributed by atoms with Gasteiger partial charge in [-0.15, -0.1) is 11.3 Å². The van der Waals surface area contributed by atoms with Crippen LogP contribution in [0.3, 0.4) is 0 Å². The molecule has 2 aliphatic rings. The average molecular weight is 605 g/mol. The molecule has 0 N–H and O–H groups in total. The Morgan fingerprint density at radius 3 is 2.17 bits per heavy atom. The lowest BCUT2D eigenvalue weighted by Crippen LogP contribution is -2.46. The zero-order chi connectivity index (χ0) is 28.8. The molecule has 3 aromatic heterocycles. The van der Waals surface area contributed by atoms with Crippen LogP contribution in [0.5, 0.6) is 0 Å². The van der Waals surface area contributed by atoms with Gasteiger partial charge in [0.2, 0.25) is 15.5 Å². The molecule has 41 heavy (non-hydrogen) atoms. The van der Waals surface area contributed by atoms with Gasteiger partial charge >= 0.3 is 6.18 Å². The van der Waals surface area contributed by atoms with Crippen molar-refractivity contribution in [1.82, 2.24) is 18.8 Å². The van der Waals surface area contributed by atoms with Crippen LogP contribution >= 0.6 is 11.3 Å². The van der Waals surface area contributed by atoms with Crippen LogP contribution in [0.1, 0.15) is 24.8 Å². The largest absolute Gasteiger partial charge is 0.416 e. The van der Waals surface area contributed by atoms with E-state index < -0.39 is 27.2 Å². The van der Waals surface area contributed by atoms with Crippen molar-refractivity contribution in [1.29, 1.82) is 0 Å². The van der Waals surface area contributed by atoms with Crippen molar-refractivity contribution in [3.8, 4) is 5.13 Å². The van der Waals surface area contributed by atoms with E-state index in [2.05, 4.69) is 4.98 Å². The van der Waals surface area contributed by atoms with Crippen molar-refractivity contribution in [2.24, 2.45) is 0 Å². The van der Waals surface area contributed by atoms with Gasteiger partial charge in [0.05, 0.1) is 10.9 Å². The topological polar surface area (TPSA) is 91.6 Å². The molecule has 216 valence electrons. The Hall–Kier alpha value is -3.49. The highest BCUT2D eigenvalue weighted by Crippen LogP contribution is 2.31. The van der Waals surface area contributed by atoms with E-state index in [9.17, 15) is 26.4 Å². The summed E-state index contributed by atoms with van der Waals surface area (Å²) in [6, 6.07) is 8.46. The smallest absolute Gasteiger partial charge is 0.368 e. The summed E-state index contributed by atoms with van der Waals surface area (Å²) in [6.45, 7) is 3.01. The number of thiazole rings is 1. The van der Waals surface area contributed by atoms with Crippen LogP contribution in [0.15, 0.2) is 63.9 Å². The number of benzene rings is 1. The number of alkyl halides is 3. The zero-order valence-electron chi connectivity index (χ0n) is 21.9. The van der Waals surface area contributed by atoms with Gasteiger partial charge in [0.1, 0.15) is 10.7 Å². The molecule has 0 aliphatic carbocycles. The molecule has 1 aromatic carbocycles. The van der Waals surface area contributed by atoms with Crippen LogP contribution in [0.25, 0.3) is 16.2 Å². The molecule has 0 spiro atoms. The van der Waals surface area contributed by atoms with Gasteiger partial charge in [0, 0.05) is 62.7 Å². The van der Waals surface area contributed by atoms with Gasteiger partial charge in [-0.25, -0.2) is 18.4 Å². The van der Waals surface area contributed by atoms with Crippen LogP contribution in [0.2, 0.25) is 0 Å². The van der Waals surface area contributed by atoms with Crippen molar-refractivity contribution in [2.45, 2.75) is 30.3 Å². The second kappa shape index (κ2) is 10.7. The number of pyridine rings is 2. The molecular formula is C27H27F3N6O3S2. The van der Waals surface area contributed by atoms with Crippen LogP contribution in [-0.2, 0) is 16.2 Å². The second-order valence-electron chi connectivity index (χ2n) is 10.0. The lowest BCUT2D eigenvalue weighted by Gasteiger charge is -2.37. The number of anilines is 2. The first-order chi connectivity index (χ1) is 19.6. The van der Waals surface area contributed by atoms with E-state index in [1.54, 1.807) is 28.3 Å². The van der Waals surface area contributed by atoms with Gasteiger partial charge in [-0.2, -0.15) is 17.5 Å². The minimum absolute atomic E-state index is 0.186. The van der Waals surface area contributed by atoms with Crippen molar-refractivity contribution < 1.29 is 21.6 Å². The lowest BCUT2D eigenvalue weighted by molar-refractivity contribution is -0.137. The predicted octanol–water partition coefficient (Wildman–Crippen LogP) is 4.36. The molecule has 5 heterocycles. The highest BCUT2D eigenvalue weighted by Gasteiger charge is 2.32. The highest BCUT2D eigenvalue weighted by atomic mass is 32.2. The molecule has 4 aromatic rings. The lowest BCUT2D eigenvalue weighted by atomic mass is 10.1. The molecule has 2 fully saturated rings. The fourth-order valence-electron chi connectivity index (χ4n) is 5.31. The van der Waals surface area contributed by atoms with Gasteiger partial charge < -0.3 is 9.80 Å². The number of rotatable bonds is 5. The maximum Gasteiger partial charge on any atom is 0.416 e. The van der Waals surface area contributed by atoms with E-state index in [1.807, 2.05) is 9.80 Å². The van der Waals surface area contributed by atoms with Crippen LogP contribution in [0.4, 0.5) is 24.7 Å². The third-order valence-corrected chi connectivity index (χ3v) is 10.2. The Labute approximate surface area is 238 Å². The number of nitrogens with zero attached hydrogens (tertiary/aromatic N) is 6. The first-order valence-electron chi connectivity index (χ1n) is 13.3. The fraction of sp³-hybridized carbons (Fsp3) is 0.370. The molecule has 0 amide bonds. The normalized spacial score (nSPS) is 17.3. The average Bonchev–Trinajstić information content (AvgIpc) is 3.52. The Morgan fingerprint density at radius 1 is 0.854 bits per heavy atom. The molecule has 6 rings (SSSR count). The molecule has 0 bridgehead atoms. The number of halogens is 3. The molecule has 9 nitrogen and oxygen atoms in total. The molecule has 0 radical (unpaired) electrons. The first kappa shape index (κ1) is 27.7. The quantitative estimate of drug-likeness (QED) is 0.334. The van der Waals surface area contributed by atoms with E-state index in [1.165, 1.54) is 34.0 Å². The standard InChI is InChI=1S/C27H27F3N6O3S2/c28-27(29,30)19-4-6-20(7-5-19)33-13-15-34(16-14-33)23-9-8-21-24(37)22(41(38,39)35-11-2-1-3-12-35)18-36(25(21)32-23)26-31-10-17-40-26/h4-10,17-18H,1-3,11-16H2. The summed E-state index contributed by atoms with van der Waals surface area (Å²) in [4.78, 5) is 26.4. The van der Waals surface area contributed by atoms with Crippen molar-refractivity contribution in [2.75, 3.05) is 49.1 Å². The third kappa shape index (κ3) is 5.31. The van der Waals surface area contributed by atoms with E-state index >= 15 is 0 Å². The minimum Gasteiger partial charge on any atom is -0.368 e. The number of fused-ring (bicyclic) bond motifs is 1. The summed E-state index contributed by atoms with van der Waals surface area (Å²) in [5.41, 5.74) is -0.252. The number of hydrogen-bond acceptors (Lipinski definition) is 8.